The second-order valence-corrected chi connectivity index (χ2v) is 8.26. The molecule has 0 aromatic heterocycles. The highest BCUT2D eigenvalue weighted by molar-refractivity contribution is 6.08. The molecule has 0 bridgehead atoms. The zero-order valence-corrected chi connectivity index (χ0v) is 18.2. The standard InChI is InChI=1S/C27H37NO/c1-3-5-7-11-20-28(21-12-8-6-4-2)27(29)26-17-13-16-24-23-15-10-9-14-22(23)18-19-25(24)26/h9-10,13-19,27,29H,3-8,11-12,20-21H2,1-2H3. The van der Waals surface area contributed by atoms with Crippen LogP contribution in [0.3, 0.4) is 0 Å². The Balaban J connectivity index is 1.85. The Morgan fingerprint density at radius 2 is 1.31 bits per heavy atom. The molecular weight excluding hydrogens is 354 g/mol. The lowest BCUT2D eigenvalue weighted by Crippen LogP contribution is -2.31. The van der Waals surface area contributed by atoms with E-state index < -0.39 is 6.23 Å². The predicted octanol–water partition coefficient (Wildman–Crippen LogP) is 7.45. The van der Waals surface area contributed by atoms with Gasteiger partial charge >= 0.3 is 0 Å². The fourth-order valence-electron chi connectivity index (χ4n) is 4.33. The van der Waals surface area contributed by atoms with E-state index in [1.165, 1.54) is 60.1 Å². The van der Waals surface area contributed by atoms with Crippen molar-refractivity contribution in [3.05, 3.63) is 60.2 Å². The normalized spacial score (nSPS) is 12.8. The molecule has 3 aromatic rings. The predicted molar refractivity (Wildman–Crippen MR) is 126 cm³/mol. The summed E-state index contributed by atoms with van der Waals surface area (Å²) in [5.74, 6) is 0. The molecule has 0 aliphatic carbocycles. The SMILES string of the molecule is CCCCCCN(CCCCCC)C(O)c1cccc2c1ccc1ccccc12. The van der Waals surface area contributed by atoms with Crippen LogP contribution >= 0.6 is 0 Å². The maximum Gasteiger partial charge on any atom is 0.134 e. The van der Waals surface area contributed by atoms with Gasteiger partial charge in [-0.2, -0.15) is 0 Å². The van der Waals surface area contributed by atoms with E-state index in [2.05, 4.69) is 73.3 Å². The maximum atomic E-state index is 11.4. The molecule has 0 spiro atoms. The largest absolute Gasteiger partial charge is 0.374 e. The van der Waals surface area contributed by atoms with Gasteiger partial charge in [-0.1, -0.05) is 107 Å². The third kappa shape index (κ3) is 5.58. The lowest BCUT2D eigenvalue weighted by Gasteiger charge is -2.29. The fourth-order valence-corrected chi connectivity index (χ4v) is 4.33. The van der Waals surface area contributed by atoms with Gasteiger partial charge in [-0.05, 0) is 34.4 Å². The van der Waals surface area contributed by atoms with Crippen molar-refractivity contribution in [1.82, 2.24) is 4.90 Å². The Kier molecular flexibility index (Phi) is 8.52. The number of unbranched alkanes of at least 4 members (excludes halogenated alkanes) is 6. The van der Waals surface area contributed by atoms with Crippen molar-refractivity contribution < 1.29 is 5.11 Å². The number of nitrogens with zero attached hydrogens (tertiary/aromatic N) is 1. The summed E-state index contributed by atoms with van der Waals surface area (Å²) in [6, 6.07) is 19.3. The van der Waals surface area contributed by atoms with Crippen LogP contribution in [-0.2, 0) is 0 Å². The van der Waals surface area contributed by atoms with Crippen LogP contribution in [0.4, 0.5) is 0 Å². The number of benzene rings is 3. The van der Waals surface area contributed by atoms with E-state index in [4.69, 9.17) is 0 Å². The molecule has 1 atom stereocenters. The second kappa shape index (κ2) is 11.3. The molecular formula is C27H37NO. The highest BCUT2D eigenvalue weighted by Gasteiger charge is 2.19. The van der Waals surface area contributed by atoms with E-state index in [0.717, 1.165) is 31.5 Å². The lowest BCUT2D eigenvalue weighted by molar-refractivity contribution is 0.000468. The van der Waals surface area contributed by atoms with Crippen molar-refractivity contribution >= 4 is 21.5 Å². The van der Waals surface area contributed by atoms with Gasteiger partial charge < -0.3 is 5.11 Å². The molecule has 3 rings (SSSR count). The molecule has 0 saturated carbocycles. The first-order valence-electron chi connectivity index (χ1n) is 11.6. The third-order valence-electron chi connectivity index (χ3n) is 6.04. The Morgan fingerprint density at radius 3 is 2.00 bits per heavy atom. The molecule has 2 heteroatoms. The first-order valence-corrected chi connectivity index (χ1v) is 11.6. The quantitative estimate of drug-likeness (QED) is 0.197. The highest BCUT2D eigenvalue weighted by Crippen LogP contribution is 2.32. The number of aliphatic hydroxyl groups is 1. The van der Waals surface area contributed by atoms with E-state index >= 15 is 0 Å². The van der Waals surface area contributed by atoms with Gasteiger partial charge in [-0.25, -0.2) is 0 Å². The first-order chi connectivity index (χ1) is 14.3. The van der Waals surface area contributed by atoms with Crippen LogP contribution in [-0.4, -0.2) is 23.1 Å². The minimum absolute atomic E-state index is 0.539. The van der Waals surface area contributed by atoms with Crippen LogP contribution < -0.4 is 0 Å². The Hall–Kier alpha value is -1.90. The van der Waals surface area contributed by atoms with Crippen LogP contribution in [0.2, 0.25) is 0 Å². The molecule has 0 radical (unpaired) electrons. The Bertz CT molecular complexity index is 876. The number of hydrogen-bond acceptors (Lipinski definition) is 2. The summed E-state index contributed by atoms with van der Waals surface area (Å²) in [6.45, 7) is 6.43. The van der Waals surface area contributed by atoms with E-state index in [-0.39, 0.29) is 0 Å². The van der Waals surface area contributed by atoms with Crippen molar-refractivity contribution in [2.45, 2.75) is 71.4 Å². The van der Waals surface area contributed by atoms with E-state index in [0.29, 0.717) is 0 Å². The third-order valence-corrected chi connectivity index (χ3v) is 6.04. The zero-order chi connectivity index (χ0) is 20.5. The Morgan fingerprint density at radius 1 is 0.655 bits per heavy atom. The summed E-state index contributed by atoms with van der Waals surface area (Å²) < 4.78 is 0. The maximum absolute atomic E-state index is 11.4. The van der Waals surface area contributed by atoms with Crippen molar-refractivity contribution in [2.24, 2.45) is 0 Å². The van der Waals surface area contributed by atoms with Gasteiger partial charge in [0.05, 0.1) is 0 Å². The van der Waals surface area contributed by atoms with Crippen LogP contribution in [0.1, 0.15) is 77.0 Å². The molecule has 0 saturated heterocycles. The second-order valence-electron chi connectivity index (χ2n) is 8.26. The smallest absolute Gasteiger partial charge is 0.134 e. The average molecular weight is 392 g/mol. The molecule has 156 valence electrons. The summed E-state index contributed by atoms with van der Waals surface area (Å²) in [5, 5.41) is 16.3. The number of fused-ring (bicyclic) bond motifs is 3. The Labute approximate surface area is 176 Å². The van der Waals surface area contributed by atoms with E-state index in [1.807, 2.05) is 0 Å². The minimum Gasteiger partial charge on any atom is -0.374 e. The van der Waals surface area contributed by atoms with E-state index in [9.17, 15) is 5.11 Å². The molecule has 0 aliphatic rings. The highest BCUT2D eigenvalue weighted by atomic mass is 16.3. The molecule has 29 heavy (non-hydrogen) atoms. The lowest BCUT2D eigenvalue weighted by atomic mass is 9.97. The number of rotatable bonds is 12. The van der Waals surface area contributed by atoms with Crippen LogP contribution in [0, 0.1) is 0 Å². The minimum atomic E-state index is -0.539. The van der Waals surface area contributed by atoms with Gasteiger partial charge in [0.2, 0.25) is 0 Å². The number of aliphatic hydroxyl groups excluding tert-OH is 1. The van der Waals surface area contributed by atoms with Gasteiger partial charge in [-0.3, -0.25) is 4.90 Å². The molecule has 1 N–H and O–H groups in total. The van der Waals surface area contributed by atoms with Crippen molar-refractivity contribution in [1.29, 1.82) is 0 Å². The van der Waals surface area contributed by atoms with Gasteiger partial charge in [0.1, 0.15) is 6.23 Å². The summed E-state index contributed by atoms with van der Waals surface area (Å²) in [7, 11) is 0. The fraction of sp³-hybridized carbons (Fsp3) is 0.481. The first kappa shape index (κ1) is 21.8. The van der Waals surface area contributed by atoms with Gasteiger partial charge in [0.15, 0.2) is 0 Å². The molecule has 0 fully saturated rings. The van der Waals surface area contributed by atoms with Crippen LogP contribution in [0.5, 0.6) is 0 Å². The molecule has 0 amide bonds. The van der Waals surface area contributed by atoms with Gasteiger partial charge in [0, 0.05) is 18.7 Å². The summed E-state index contributed by atoms with van der Waals surface area (Å²) >= 11 is 0. The van der Waals surface area contributed by atoms with Crippen molar-refractivity contribution in [3.63, 3.8) is 0 Å². The topological polar surface area (TPSA) is 23.5 Å². The molecule has 2 nitrogen and oxygen atoms in total. The zero-order valence-electron chi connectivity index (χ0n) is 18.2. The monoisotopic (exact) mass is 391 g/mol. The van der Waals surface area contributed by atoms with Crippen LogP contribution in [0.25, 0.3) is 21.5 Å². The molecule has 0 heterocycles. The van der Waals surface area contributed by atoms with Gasteiger partial charge in [0.25, 0.3) is 0 Å². The van der Waals surface area contributed by atoms with Crippen LogP contribution in [0.15, 0.2) is 54.6 Å². The van der Waals surface area contributed by atoms with E-state index in [1.54, 1.807) is 0 Å². The average Bonchev–Trinajstić information content (AvgIpc) is 2.77. The van der Waals surface area contributed by atoms with Crippen molar-refractivity contribution in [3.8, 4) is 0 Å². The summed E-state index contributed by atoms with van der Waals surface area (Å²) in [6.07, 6.45) is 9.32. The molecule has 3 aromatic carbocycles. The van der Waals surface area contributed by atoms with Gasteiger partial charge in [-0.15, -0.1) is 0 Å². The summed E-state index contributed by atoms with van der Waals surface area (Å²) in [4.78, 5) is 2.30. The molecule has 1 unspecified atom stereocenters. The summed E-state index contributed by atoms with van der Waals surface area (Å²) in [5.41, 5.74) is 1.04. The number of hydrogen-bond donors (Lipinski definition) is 1. The molecule has 0 aliphatic heterocycles. The van der Waals surface area contributed by atoms with Crippen molar-refractivity contribution in [2.75, 3.05) is 13.1 Å².